The summed E-state index contributed by atoms with van der Waals surface area (Å²) in [7, 11) is 3.97. The van der Waals surface area contributed by atoms with Gasteiger partial charge in [-0.1, -0.05) is 0 Å². The van der Waals surface area contributed by atoms with Gasteiger partial charge in [0.1, 0.15) is 0 Å². The molecular weight excluding hydrogens is 226 g/mol. The molecule has 0 radical (unpaired) electrons. The van der Waals surface area contributed by atoms with Gasteiger partial charge >= 0.3 is 0 Å². The number of carbonyl (C=O) groups is 1. The van der Waals surface area contributed by atoms with Gasteiger partial charge in [0.05, 0.1) is 0 Å². The van der Waals surface area contributed by atoms with E-state index in [0.29, 0.717) is 12.1 Å². The summed E-state index contributed by atoms with van der Waals surface area (Å²) in [6.45, 7) is 3.52. The Labute approximate surface area is 107 Å². The van der Waals surface area contributed by atoms with Crippen molar-refractivity contribution < 1.29 is 4.79 Å². The van der Waals surface area contributed by atoms with E-state index in [9.17, 15) is 4.79 Å². The molecule has 0 unspecified atom stereocenters. The molecule has 0 atom stereocenters. The molecule has 0 bridgehead atoms. The quantitative estimate of drug-likeness (QED) is 0.862. The van der Waals surface area contributed by atoms with Gasteiger partial charge in [0.2, 0.25) is 0 Å². The van der Waals surface area contributed by atoms with Crippen LogP contribution in [-0.4, -0.2) is 43.0 Å². The van der Waals surface area contributed by atoms with E-state index in [-0.39, 0.29) is 5.91 Å². The molecule has 0 saturated heterocycles. The molecule has 0 saturated carbocycles. The van der Waals surface area contributed by atoms with Crippen molar-refractivity contribution in [1.29, 1.82) is 0 Å². The van der Waals surface area contributed by atoms with E-state index in [2.05, 4.69) is 10.3 Å². The summed E-state index contributed by atoms with van der Waals surface area (Å²) in [6.07, 6.45) is 0. The molecule has 1 aromatic heterocycles. The van der Waals surface area contributed by atoms with Gasteiger partial charge in [-0.25, -0.2) is 0 Å². The van der Waals surface area contributed by atoms with E-state index < -0.39 is 0 Å². The van der Waals surface area contributed by atoms with Crippen LogP contribution in [0.25, 0.3) is 10.9 Å². The zero-order chi connectivity index (χ0) is 13.1. The number of likely N-dealkylation sites (N-methyl/N-ethyl adjacent to an activating group) is 1. The predicted octanol–water partition coefficient (Wildman–Crippen LogP) is 1.77. The monoisotopic (exact) mass is 245 g/mol. The maximum atomic E-state index is 11.9. The Bertz CT molecular complexity index is 557. The fraction of sp³-hybridized carbons (Fsp3) is 0.357. The first-order valence-electron chi connectivity index (χ1n) is 6.08. The van der Waals surface area contributed by atoms with Gasteiger partial charge in [-0.15, -0.1) is 0 Å². The molecule has 1 aromatic carbocycles. The molecular formula is C14H19N3O. The molecule has 0 spiro atoms. The van der Waals surface area contributed by atoms with Crippen molar-refractivity contribution in [2.75, 3.05) is 27.2 Å². The molecule has 4 nitrogen and oxygen atoms in total. The molecule has 2 N–H and O–H groups in total. The third-order valence-electron chi connectivity index (χ3n) is 2.86. The van der Waals surface area contributed by atoms with Crippen molar-refractivity contribution in [2.45, 2.75) is 6.92 Å². The molecule has 4 heteroatoms. The Morgan fingerprint density at radius 2 is 2.11 bits per heavy atom. The van der Waals surface area contributed by atoms with E-state index in [1.807, 2.05) is 50.2 Å². The molecule has 1 amide bonds. The van der Waals surface area contributed by atoms with Gasteiger partial charge in [-0.3, -0.25) is 4.79 Å². The summed E-state index contributed by atoms with van der Waals surface area (Å²) in [6, 6.07) is 7.77. The van der Waals surface area contributed by atoms with Crippen molar-refractivity contribution in [3.05, 3.63) is 35.5 Å². The van der Waals surface area contributed by atoms with Gasteiger partial charge in [0.25, 0.3) is 5.91 Å². The van der Waals surface area contributed by atoms with Crippen LogP contribution >= 0.6 is 0 Å². The molecule has 1 heterocycles. The van der Waals surface area contributed by atoms with E-state index in [1.54, 1.807) is 0 Å². The van der Waals surface area contributed by atoms with Crippen LogP contribution in [0.2, 0.25) is 0 Å². The van der Waals surface area contributed by atoms with Crippen LogP contribution in [0.3, 0.4) is 0 Å². The van der Waals surface area contributed by atoms with Gasteiger partial charge in [-0.05, 0) is 45.3 Å². The molecule has 0 aliphatic rings. The first-order chi connectivity index (χ1) is 8.56. The first-order valence-corrected chi connectivity index (χ1v) is 6.08. The highest BCUT2D eigenvalue weighted by molar-refractivity contribution is 5.98. The largest absolute Gasteiger partial charge is 0.359 e. The van der Waals surface area contributed by atoms with Crippen molar-refractivity contribution in [1.82, 2.24) is 15.2 Å². The molecule has 0 aliphatic carbocycles. The van der Waals surface area contributed by atoms with Gasteiger partial charge < -0.3 is 15.2 Å². The van der Waals surface area contributed by atoms with Crippen LogP contribution in [0.4, 0.5) is 0 Å². The van der Waals surface area contributed by atoms with Crippen LogP contribution in [-0.2, 0) is 0 Å². The lowest BCUT2D eigenvalue weighted by Crippen LogP contribution is -2.31. The predicted molar refractivity (Wildman–Crippen MR) is 73.9 cm³/mol. The highest BCUT2D eigenvalue weighted by Gasteiger charge is 2.06. The van der Waals surface area contributed by atoms with Gasteiger partial charge in [-0.2, -0.15) is 0 Å². The number of hydrogen-bond donors (Lipinski definition) is 2. The molecule has 0 aliphatic heterocycles. The SMILES string of the molecule is Cc1cc2cc(C(=O)NCCN(C)C)ccc2[nH]1. The number of nitrogens with one attached hydrogen (secondary N) is 2. The van der Waals surface area contributed by atoms with Crippen molar-refractivity contribution in [3.8, 4) is 0 Å². The number of fused-ring (bicyclic) bond motifs is 1. The Morgan fingerprint density at radius 1 is 1.33 bits per heavy atom. The number of aryl methyl sites for hydroxylation is 1. The average molecular weight is 245 g/mol. The van der Waals surface area contributed by atoms with E-state index in [4.69, 9.17) is 0 Å². The summed E-state index contributed by atoms with van der Waals surface area (Å²) in [5.74, 6) is -0.0161. The Morgan fingerprint density at radius 3 is 2.83 bits per heavy atom. The van der Waals surface area contributed by atoms with Crippen molar-refractivity contribution in [3.63, 3.8) is 0 Å². The molecule has 96 valence electrons. The van der Waals surface area contributed by atoms with E-state index >= 15 is 0 Å². The second-order valence-electron chi connectivity index (χ2n) is 4.81. The minimum Gasteiger partial charge on any atom is -0.359 e. The molecule has 2 rings (SSSR count). The number of H-pyrrole nitrogens is 1. The highest BCUT2D eigenvalue weighted by atomic mass is 16.1. The zero-order valence-electron chi connectivity index (χ0n) is 11.1. The van der Waals surface area contributed by atoms with Crippen molar-refractivity contribution >= 4 is 16.8 Å². The second kappa shape index (κ2) is 5.23. The number of benzene rings is 1. The van der Waals surface area contributed by atoms with Crippen LogP contribution in [0.1, 0.15) is 16.1 Å². The normalized spacial score (nSPS) is 11.1. The highest BCUT2D eigenvalue weighted by Crippen LogP contribution is 2.16. The number of aromatic amines is 1. The minimum atomic E-state index is -0.0161. The lowest BCUT2D eigenvalue weighted by molar-refractivity contribution is 0.0951. The number of hydrogen-bond acceptors (Lipinski definition) is 2. The second-order valence-corrected chi connectivity index (χ2v) is 4.81. The number of aromatic nitrogens is 1. The van der Waals surface area contributed by atoms with Crippen LogP contribution < -0.4 is 5.32 Å². The Balaban J connectivity index is 2.08. The summed E-state index contributed by atoms with van der Waals surface area (Å²) < 4.78 is 0. The van der Waals surface area contributed by atoms with Crippen molar-refractivity contribution in [2.24, 2.45) is 0 Å². The van der Waals surface area contributed by atoms with E-state index in [1.165, 1.54) is 0 Å². The maximum Gasteiger partial charge on any atom is 0.251 e. The van der Waals surface area contributed by atoms with Crippen LogP contribution in [0.5, 0.6) is 0 Å². The molecule has 18 heavy (non-hydrogen) atoms. The lowest BCUT2D eigenvalue weighted by atomic mass is 10.1. The lowest BCUT2D eigenvalue weighted by Gasteiger charge is -2.10. The zero-order valence-corrected chi connectivity index (χ0v) is 11.1. The number of rotatable bonds is 4. The third kappa shape index (κ3) is 2.90. The topological polar surface area (TPSA) is 48.1 Å². The summed E-state index contributed by atoms with van der Waals surface area (Å²) in [5.41, 5.74) is 2.88. The van der Waals surface area contributed by atoms with Crippen LogP contribution in [0.15, 0.2) is 24.3 Å². The number of amides is 1. The third-order valence-corrected chi connectivity index (χ3v) is 2.86. The maximum absolute atomic E-state index is 11.9. The number of nitrogens with zero attached hydrogens (tertiary/aromatic N) is 1. The standard InChI is InChI=1S/C14H19N3O/c1-10-8-12-9-11(4-5-13(12)16-10)14(18)15-6-7-17(2)3/h4-5,8-9,16H,6-7H2,1-3H3,(H,15,18). The van der Waals surface area contributed by atoms with Gasteiger partial charge in [0, 0.05) is 35.2 Å². The fourth-order valence-corrected chi connectivity index (χ4v) is 1.91. The summed E-state index contributed by atoms with van der Waals surface area (Å²) in [4.78, 5) is 17.2. The number of carbonyl (C=O) groups excluding carboxylic acids is 1. The first kappa shape index (κ1) is 12.6. The summed E-state index contributed by atoms with van der Waals surface area (Å²) >= 11 is 0. The van der Waals surface area contributed by atoms with Gasteiger partial charge in [0.15, 0.2) is 0 Å². The van der Waals surface area contributed by atoms with Crippen LogP contribution in [0, 0.1) is 6.92 Å². The van der Waals surface area contributed by atoms with E-state index in [0.717, 1.165) is 23.1 Å². The molecule has 2 aromatic rings. The Hall–Kier alpha value is -1.81. The minimum absolute atomic E-state index is 0.0161. The smallest absolute Gasteiger partial charge is 0.251 e. The molecule has 0 fully saturated rings. The Kier molecular flexibility index (Phi) is 3.67. The average Bonchev–Trinajstić information content (AvgIpc) is 2.67. The fourth-order valence-electron chi connectivity index (χ4n) is 1.91. The summed E-state index contributed by atoms with van der Waals surface area (Å²) in [5, 5.41) is 3.99.